The van der Waals surface area contributed by atoms with Gasteiger partial charge in [0.1, 0.15) is 5.82 Å². The van der Waals surface area contributed by atoms with E-state index in [2.05, 4.69) is 4.90 Å². The molecule has 0 spiro atoms. The second-order valence-corrected chi connectivity index (χ2v) is 9.60. The molecule has 0 aliphatic carbocycles. The smallest absolute Gasteiger partial charge is 0.222 e. The molecule has 3 rings (SSSR count). The molecule has 5 nitrogen and oxygen atoms in total. The highest BCUT2D eigenvalue weighted by Crippen LogP contribution is 2.23. The summed E-state index contributed by atoms with van der Waals surface area (Å²) in [6.07, 6.45) is 2.48. The van der Waals surface area contributed by atoms with Crippen molar-refractivity contribution in [1.82, 2.24) is 9.80 Å². The van der Waals surface area contributed by atoms with Gasteiger partial charge in [0.25, 0.3) is 0 Å². The molecule has 144 valence electrons. The minimum Gasteiger partial charge on any atom is -0.340 e. The van der Waals surface area contributed by atoms with Crippen LogP contribution in [-0.4, -0.2) is 68.4 Å². The topological polar surface area (TPSA) is 57.7 Å². The molecule has 1 unspecified atom stereocenters. The van der Waals surface area contributed by atoms with Crippen molar-refractivity contribution in [3.05, 3.63) is 35.6 Å². The SMILES string of the molecule is O=C(CCC1CCS(=O)(=O)C1)N1CCN(CCc2ccccc2F)CC1. The van der Waals surface area contributed by atoms with E-state index < -0.39 is 9.84 Å². The molecule has 1 amide bonds. The fourth-order valence-corrected chi connectivity index (χ4v) is 5.70. The molecule has 2 aliphatic heterocycles. The van der Waals surface area contributed by atoms with Gasteiger partial charge in [0, 0.05) is 39.1 Å². The first-order valence-electron chi connectivity index (χ1n) is 9.37. The zero-order valence-corrected chi connectivity index (χ0v) is 15.9. The number of carbonyl (C=O) groups is 1. The molecule has 0 N–H and O–H groups in total. The van der Waals surface area contributed by atoms with Crippen LogP contribution in [-0.2, 0) is 21.1 Å². The zero-order chi connectivity index (χ0) is 18.6. The molecule has 0 radical (unpaired) electrons. The molecule has 2 heterocycles. The van der Waals surface area contributed by atoms with Crippen molar-refractivity contribution < 1.29 is 17.6 Å². The van der Waals surface area contributed by atoms with E-state index in [4.69, 9.17) is 0 Å². The Balaban J connectivity index is 1.36. The van der Waals surface area contributed by atoms with Crippen molar-refractivity contribution in [2.45, 2.75) is 25.7 Å². The lowest BCUT2D eigenvalue weighted by molar-refractivity contribution is -0.133. The second kappa shape index (κ2) is 8.48. The number of rotatable bonds is 6. The van der Waals surface area contributed by atoms with Crippen molar-refractivity contribution in [2.24, 2.45) is 5.92 Å². The van der Waals surface area contributed by atoms with Gasteiger partial charge in [0.05, 0.1) is 11.5 Å². The van der Waals surface area contributed by atoms with E-state index in [1.165, 1.54) is 6.07 Å². The maximum Gasteiger partial charge on any atom is 0.222 e. The molecular formula is C19H27FN2O3S. The molecule has 0 saturated carbocycles. The van der Waals surface area contributed by atoms with E-state index in [1.54, 1.807) is 6.07 Å². The number of nitrogens with zero attached hydrogens (tertiary/aromatic N) is 2. The minimum absolute atomic E-state index is 0.128. The van der Waals surface area contributed by atoms with Crippen LogP contribution in [0.15, 0.2) is 24.3 Å². The first-order valence-corrected chi connectivity index (χ1v) is 11.2. The third-order valence-electron chi connectivity index (χ3n) is 5.47. The maximum atomic E-state index is 13.7. The largest absolute Gasteiger partial charge is 0.340 e. The minimum atomic E-state index is -2.87. The summed E-state index contributed by atoms with van der Waals surface area (Å²) < 4.78 is 36.6. The van der Waals surface area contributed by atoms with Gasteiger partial charge >= 0.3 is 0 Å². The van der Waals surface area contributed by atoms with Crippen LogP contribution in [0.3, 0.4) is 0 Å². The Morgan fingerprint density at radius 3 is 2.54 bits per heavy atom. The summed E-state index contributed by atoms with van der Waals surface area (Å²) in [4.78, 5) is 16.5. The number of amides is 1. The fourth-order valence-electron chi connectivity index (χ4n) is 3.79. The van der Waals surface area contributed by atoms with Crippen LogP contribution < -0.4 is 0 Å². The summed E-state index contributed by atoms with van der Waals surface area (Å²) in [5, 5.41) is 0. The predicted octanol–water partition coefficient (Wildman–Crippen LogP) is 1.73. The number of sulfone groups is 1. The molecule has 2 aliphatic rings. The van der Waals surface area contributed by atoms with Crippen molar-refractivity contribution >= 4 is 15.7 Å². The van der Waals surface area contributed by atoms with E-state index in [0.29, 0.717) is 38.8 Å². The van der Waals surface area contributed by atoms with Crippen LogP contribution in [0.4, 0.5) is 4.39 Å². The Morgan fingerprint density at radius 1 is 1.15 bits per heavy atom. The Morgan fingerprint density at radius 2 is 1.88 bits per heavy atom. The van der Waals surface area contributed by atoms with Gasteiger partial charge in [0.2, 0.25) is 5.91 Å². The van der Waals surface area contributed by atoms with Crippen LogP contribution in [0.2, 0.25) is 0 Å². The predicted molar refractivity (Wildman–Crippen MR) is 99.1 cm³/mol. The van der Waals surface area contributed by atoms with Gasteiger partial charge in [-0.1, -0.05) is 18.2 Å². The third kappa shape index (κ3) is 5.27. The fraction of sp³-hybridized carbons (Fsp3) is 0.632. The molecule has 2 saturated heterocycles. The summed E-state index contributed by atoms with van der Waals surface area (Å²) in [6, 6.07) is 6.86. The van der Waals surface area contributed by atoms with E-state index in [1.807, 2.05) is 17.0 Å². The Bertz CT molecular complexity index is 730. The van der Waals surface area contributed by atoms with E-state index >= 15 is 0 Å². The van der Waals surface area contributed by atoms with Crippen molar-refractivity contribution in [3.8, 4) is 0 Å². The highest BCUT2D eigenvalue weighted by Gasteiger charge is 2.29. The van der Waals surface area contributed by atoms with Crippen LogP contribution in [0, 0.1) is 11.7 Å². The highest BCUT2D eigenvalue weighted by molar-refractivity contribution is 7.91. The lowest BCUT2D eigenvalue weighted by Gasteiger charge is -2.35. The molecule has 1 atom stereocenters. The Hall–Kier alpha value is -1.47. The van der Waals surface area contributed by atoms with Crippen LogP contribution >= 0.6 is 0 Å². The summed E-state index contributed by atoms with van der Waals surface area (Å²) in [6.45, 7) is 3.79. The number of hydrogen-bond acceptors (Lipinski definition) is 4. The lowest BCUT2D eigenvalue weighted by atomic mass is 10.0. The van der Waals surface area contributed by atoms with Crippen LogP contribution in [0.1, 0.15) is 24.8 Å². The van der Waals surface area contributed by atoms with Gasteiger partial charge in [-0.25, -0.2) is 12.8 Å². The highest BCUT2D eigenvalue weighted by atomic mass is 32.2. The average Bonchev–Trinajstić information content (AvgIpc) is 2.98. The van der Waals surface area contributed by atoms with Gasteiger partial charge in [-0.05, 0) is 36.8 Å². The van der Waals surface area contributed by atoms with E-state index in [9.17, 15) is 17.6 Å². The maximum absolute atomic E-state index is 13.7. The van der Waals surface area contributed by atoms with Gasteiger partial charge in [0.15, 0.2) is 9.84 Å². The van der Waals surface area contributed by atoms with Gasteiger partial charge in [-0.15, -0.1) is 0 Å². The molecule has 0 aromatic heterocycles. The molecule has 2 fully saturated rings. The summed E-state index contributed by atoms with van der Waals surface area (Å²) in [7, 11) is -2.87. The Kier molecular flexibility index (Phi) is 6.29. The first kappa shape index (κ1) is 19.3. The zero-order valence-electron chi connectivity index (χ0n) is 15.1. The number of halogens is 1. The normalized spacial score (nSPS) is 23.3. The quantitative estimate of drug-likeness (QED) is 0.752. The summed E-state index contributed by atoms with van der Waals surface area (Å²) in [5.74, 6) is 0.626. The van der Waals surface area contributed by atoms with Gasteiger partial charge in [-0.3, -0.25) is 9.69 Å². The van der Waals surface area contributed by atoms with Gasteiger partial charge < -0.3 is 4.90 Å². The molecule has 1 aromatic rings. The number of benzene rings is 1. The molecule has 1 aromatic carbocycles. The third-order valence-corrected chi connectivity index (χ3v) is 7.31. The molecule has 7 heteroatoms. The van der Waals surface area contributed by atoms with E-state index in [0.717, 1.165) is 25.2 Å². The van der Waals surface area contributed by atoms with E-state index in [-0.39, 0.29) is 29.1 Å². The average molecular weight is 383 g/mol. The summed E-state index contributed by atoms with van der Waals surface area (Å²) >= 11 is 0. The Labute approximate surface area is 155 Å². The molecular weight excluding hydrogens is 355 g/mol. The number of carbonyl (C=O) groups excluding carboxylic acids is 1. The number of hydrogen-bond donors (Lipinski definition) is 0. The van der Waals surface area contributed by atoms with Crippen molar-refractivity contribution in [1.29, 1.82) is 0 Å². The first-order chi connectivity index (χ1) is 12.4. The van der Waals surface area contributed by atoms with Crippen molar-refractivity contribution in [3.63, 3.8) is 0 Å². The van der Waals surface area contributed by atoms with Crippen LogP contribution in [0.25, 0.3) is 0 Å². The number of piperazine rings is 1. The summed E-state index contributed by atoms with van der Waals surface area (Å²) in [5.41, 5.74) is 0.734. The molecule has 0 bridgehead atoms. The standard InChI is InChI=1S/C19H27FN2O3S/c20-18-4-2-1-3-17(18)7-9-21-10-12-22(13-11-21)19(23)6-5-16-8-14-26(24,25)15-16/h1-4,16H,5-15H2. The van der Waals surface area contributed by atoms with Gasteiger partial charge in [-0.2, -0.15) is 0 Å². The molecule has 26 heavy (non-hydrogen) atoms. The van der Waals surface area contributed by atoms with Crippen LogP contribution in [0.5, 0.6) is 0 Å². The lowest BCUT2D eigenvalue weighted by Crippen LogP contribution is -2.49. The van der Waals surface area contributed by atoms with Crippen molar-refractivity contribution in [2.75, 3.05) is 44.2 Å². The second-order valence-electron chi connectivity index (χ2n) is 7.37. The monoisotopic (exact) mass is 382 g/mol.